The normalized spacial score (nSPS) is 18.2. The van der Waals surface area contributed by atoms with Crippen molar-refractivity contribution < 1.29 is 4.74 Å². The van der Waals surface area contributed by atoms with E-state index in [1.165, 1.54) is 5.56 Å². The molecule has 1 aliphatic rings. The number of ether oxygens (including phenoxy) is 1. The monoisotopic (exact) mass is 244 g/mol. The van der Waals surface area contributed by atoms with Gasteiger partial charge in [0.2, 0.25) is 0 Å². The fourth-order valence-electron chi connectivity index (χ4n) is 2.30. The van der Waals surface area contributed by atoms with Crippen molar-refractivity contribution in [3.8, 4) is 6.07 Å². The third-order valence-electron chi connectivity index (χ3n) is 3.64. The van der Waals surface area contributed by atoms with Crippen molar-refractivity contribution in [1.29, 1.82) is 5.26 Å². The molecular weight excluding hydrogens is 224 g/mol. The van der Waals surface area contributed by atoms with Crippen LogP contribution in [0.5, 0.6) is 0 Å². The van der Waals surface area contributed by atoms with E-state index in [0.29, 0.717) is 5.41 Å². The predicted molar refractivity (Wildman–Crippen MR) is 71.0 cm³/mol. The van der Waals surface area contributed by atoms with E-state index in [0.717, 1.165) is 44.7 Å². The molecule has 18 heavy (non-hydrogen) atoms. The maximum atomic E-state index is 8.85. The van der Waals surface area contributed by atoms with Crippen molar-refractivity contribution >= 4 is 0 Å². The van der Waals surface area contributed by atoms with Gasteiger partial charge in [-0.05, 0) is 36.0 Å². The third-order valence-corrected chi connectivity index (χ3v) is 3.64. The van der Waals surface area contributed by atoms with Gasteiger partial charge in [0, 0.05) is 26.3 Å². The Bertz CT molecular complexity index is 430. The maximum Gasteiger partial charge on any atom is 0.0991 e. The molecule has 1 aromatic carbocycles. The molecular formula is C15H20N2O. The summed E-state index contributed by atoms with van der Waals surface area (Å²) in [6, 6.07) is 9.94. The van der Waals surface area contributed by atoms with Gasteiger partial charge in [-0.3, -0.25) is 0 Å². The average Bonchev–Trinajstić information content (AvgIpc) is 2.40. The van der Waals surface area contributed by atoms with Gasteiger partial charge in [0.25, 0.3) is 0 Å². The summed E-state index contributed by atoms with van der Waals surface area (Å²) < 4.78 is 5.40. The van der Waals surface area contributed by atoms with Crippen LogP contribution in [0.15, 0.2) is 24.3 Å². The van der Waals surface area contributed by atoms with Crippen LogP contribution in [0.25, 0.3) is 0 Å². The molecule has 0 radical (unpaired) electrons. The summed E-state index contributed by atoms with van der Waals surface area (Å²) in [4.78, 5) is 0. The lowest BCUT2D eigenvalue weighted by Gasteiger charge is -2.33. The number of nitriles is 1. The van der Waals surface area contributed by atoms with Crippen LogP contribution < -0.4 is 5.32 Å². The second-order valence-electron chi connectivity index (χ2n) is 5.34. The summed E-state index contributed by atoms with van der Waals surface area (Å²) in [5.74, 6) is 0. The van der Waals surface area contributed by atoms with E-state index >= 15 is 0 Å². The zero-order valence-corrected chi connectivity index (χ0v) is 10.9. The van der Waals surface area contributed by atoms with Gasteiger partial charge in [-0.1, -0.05) is 19.1 Å². The minimum Gasteiger partial charge on any atom is -0.381 e. The zero-order valence-electron chi connectivity index (χ0n) is 10.9. The van der Waals surface area contributed by atoms with Crippen LogP contribution in [-0.2, 0) is 11.3 Å². The highest BCUT2D eigenvalue weighted by Gasteiger charge is 2.26. The zero-order chi connectivity index (χ0) is 12.8. The first-order valence-corrected chi connectivity index (χ1v) is 6.49. The molecule has 2 rings (SSSR count). The Labute approximate surface area is 109 Å². The molecule has 0 amide bonds. The number of nitrogens with one attached hydrogen (secondary N) is 1. The molecule has 1 aromatic rings. The molecule has 96 valence electrons. The topological polar surface area (TPSA) is 45.0 Å². The van der Waals surface area contributed by atoms with E-state index < -0.39 is 0 Å². The summed E-state index contributed by atoms with van der Waals surface area (Å²) in [6.07, 6.45) is 2.25. The Hall–Kier alpha value is -1.37. The second-order valence-corrected chi connectivity index (χ2v) is 5.34. The Morgan fingerprint density at radius 2 is 2.17 bits per heavy atom. The molecule has 1 aliphatic heterocycles. The Kier molecular flexibility index (Phi) is 4.35. The minimum absolute atomic E-state index is 0.352. The Morgan fingerprint density at radius 3 is 2.89 bits per heavy atom. The molecule has 1 fully saturated rings. The summed E-state index contributed by atoms with van der Waals surface area (Å²) >= 11 is 0. The lowest BCUT2D eigenvalue weighted by atomic mass is 9.82. The Morgan fingerprint density at radius 1 is 1.39 bits per heavy atom. The number of hydrogen-bond donors (Lipinski definition) is 1. The number of hydrogen-bond acceptors (Lipinski definition) is 3. The van der Waals surface area contributed by atoms with Gasteiger partial charge in [-0.2, -0.15) is 5.26 Å². The highest BCUT2D eigenvalue weighted by molar-refractivity contribution is 5.32. The molecule has 0 aliphatic carbocycles. The summed E-state index contributed by atoms with van der Waals surface area (Å²) in [6.45, 7) is 5.90. The van der Waals surface area contributed by atoms with E-state index in [2.05, 4.69) is 24.4 Å². The van der Waals surface area contributed by atoms with Gasteiger partial charge < -0.3 is 10.1 Å². The van der Waals surface area contributed by atoms with E-state index in [9.17, 15) is 0 Å². The van der Waals surface area contributed by atoms with Crippen LogP contribution >= 0.6 is 0 Å². The first-order valence-electron chi connectivity index (χ1n) is 6.49. The molecule has 0 saturated carbocycles. The van der Waals surface area contributed by atoms with Crippen molar-refractivity contribution in [1.82, 2.24) is 5.32 Å². The highest BCUT2D eigenvalue weighted by atomic mass is 16.5. The molecule has 1 N–H and O–H groups in total. The number of benzene rings is 1. The molecule has 0 bridgehead atoms. The van der Waals surface area contributed by atoms with Crippen molar-refractivity contribution in [2.24, 2.45) is 5.41 Å². The molecule has 0 unspecified atom stereocenters. The molecule has 0 aromatic heterocycles. The van der Waals surface area contributed by atoms with E-state index in [1.807, 2.05) is 18.2 Å². The third kappa shape index (κ3) is 3.56. The van der Waals surface area contributed by atoms with Gasteiger partial charge in [0.05, 0.1) is 11.6 Å². The molecule has 0 spiro atoms. The van der Waals surface area contributed by atoms with Crippen LogP contribution in [0.3, 0.4) is 0 Å². The van der Waals surface area contributed by atoms with Crippen molar-refractivity contribution in [3.63, 3.8) is 0 Å². The van der Waals surface area contributed by atoms with Crippen molar-refractivity contribution in [2.45, 2.75) is 26.3 Å². The Balaban J connectivity index is 1.82. The van der Waals surface area contributed by atoms with Gasteiger partial charge >= 0.3 is 0 Å². The van der Waals surface area contributed by atoms with E-state index in [4.69, 9.17) is 10.00 Å². The predicted octanol–water partition coefficient (Wildman–Crippen LogP) is 2.46. The standard InChI is InChI=1S/C15H20N2O/c1-15(5-7-18-8-6-15)12-17-11-14-4-2-3-13(9-14)10-16/h2-4,9,17H,5-8,11-12H2,1H3. The van der Waals surface area contributed by atoms with Gasteiger partial charge in [0.15, 0.2) is 0 Å². The van der Waals surface area contributed by atoms with Gasteiger partial charge in [-0.25, -0.2) is 0 Å². The minimum atomic E-state index is 0.352. The summed E-state index contributed by atoms with van der Waals surface area (Å²) in [7, 11) is 0. The maximum absolute atomic E-state index is 8.85. The smallest absolute Gasteiger partial charge is 0.0991 e. The fourth-order valence-corrected chi connectivity index (χ4v) is 2.30. The van der Waals surface area contributed by atoms with E-state index in [1.54, 1.807) is 0 Å². The van der Waals surface area contributed by atoms with Gasteiger partial charge in [0.1, 0.15) is 0 Å². The molecule has 1 saturated heterocycles. The average molecular weight is 244 g/mol. The highest BCUT2D eigenvalue weighted by Crippen LogP contribution is 2.28. The molecule has 3 heteroatoms. The second kappa shape index (κ2) is 5.99. The van der Waals surface area contributed by atoms with Crippen LogP contribution in [0, 0.1) is 16.7 Å². The van der Waals surface area contributed by atoms with Crippen molar-refractivity contribution in [3.05, 3.63) is 35.4 Å². The summed E-state index contributed by atoms with van der Waals surface area (Å²) in [5, 5.41) is 12.3. The van der Waals surface area contributed by atoms with Crippen LogP contribution in [0.4, 0.5) is 0 Å². The van der Waals surface area contributed by atoms with Gasteiger partial charge in [-0.15, -0.1) is 0 Å². The van der Waals surface area contributed by atoms with E-state index in [-0.39, 0.29) is 0 Å². The molecule has 0 atom stereocenters. The lowest BCUT2D eigenvalue weighted by molar-refractivity contribution is 0.0240. The largest absolute Gasteiger partial charge is 0.381 e. The molecule has 3 nitrogen and oxygen atoms in total. The SMILES string of the molecule is CC1(CNCc2cccc(C#N)c2)CCOCC1. The summed E-state index contributed by atoms with van der Waals surface area (Å²) in [5.41, 5.74) is 2.25. The van der Waals surface area contributed by atoms with Crippen LogP contribution in [0.1, 0.15) is 30.9 Å². The van der Waals surface area contributed by atoms with Crippen LogP contribution in [-0.4, -0.2) is 19.8 Å². The number of nitrogens with zero attached hydrogens (tertiary/aromatic N) is 1. The first-order chi connectivity index (χ1) is 8.72. The quantitative estimate of drug-likeness (QED) is 0.885. The van der Waals surface area contributed by atoms with Crippen LogP contribution in [0.2, 0.25) is 0 Å². The lowest BCUT2D eigenvalue weighted by Crippen LogP contribution is -2.36. The first kappa shape index (κ1) is 13.1. The number of rotatable bonds is 4. The fraction of sp³-hybridized carbons (Fsp3) is 0.533. The van der Waals surface area contributed by atoms with Crippen molar-refractivity contribution in [2.75, 3.05) is 19.8 Å². The molecule has 1 heterocycles.